The fourth-order valence-corrected chi connectivity index (χ4v) is 5.58. The van der Waals surface area contributed by atoms with Crippen molar-refractivity contribution in [3.63, 3.8) is 0 Å². The molecule has 1 aromatic rings. The molecule has 0 amide bonds. The lowest BCUT2D eigenvalue weighted by Gasteiger charge is -2.25. The van der Waals surface area contributed by atoms with Gasteiger partial charge < -0.3 is 35.2 Å². The van der Waals surface area contributed by atoms with Gasteiger partial charge in [0.15, 0.2) is 11.1 Å². The summed E-state index contributed by atoms with van der Waals surface area (Å²) in [5.74, 6) is 1.60. The topological polar surface area (TPSA) is 263 Å². The summed E-state index contributed by atoms with van der Waals surface area (Å²) in [7, 11) is -17.7. The number of phosphoric acid groups is 3. The van der Waals surface area contributed by atoms with Crippen LogP contribution in [0.1, 0.15) is 8.97 Å². The Balaban J connectivity index is 2.40. The number of phosphoric ester groups is 1. The molecule has 1 aliphatic rings. The first kappa shape index (κ1) is 24.2. The number of nitrogens with two attached hydrogens (primary N) is 1. The van der Waals surface area contributed by atoms with Crippen LogP contribution in [0, 0.1) is 11.3 Å². The van der Waals surface area contributed by atoms with E-state index in [0.717, 1.165) is 6.33 Å². The highest BCUT2D eigenvalue weighted by molar-refractivity contribution is 7.66. The van der Waals surface area contributed by atoms with Gasteiger partial charge in [0.25, 0.3) is 0 Å². The van der Waals surface area contributed by atoms with Gasteiger partial charge in [0.1, 0.15) is 18.5 Å². The van der Waals surface area contributed by atoms with Crippen molar-refractivity contribution in [3.05, 3.63) is 16.8 Å². The third kappa shape index (κ3) is 6.80. The molecule has 22 heteroatoms. The van der Waals surface area contributed by atoms with E-state index in [2.05, 4.69) is 29.0 Å². The monoisotopic (exact) mass is 562 g/mol. The van der Waals surface area contributed by atoms with Crippen molar-refractivity contribution >= 4 is 52.6 Å². The van der Waals surface area contributed by atoms with E-state index in [4.69, 9.17) is 46.2 Å². The summed E-state index contributed by atoms with van der Waals surface area (Å²) in [4.78, 5) is 52.4. The van der Waals surface area contributed by atoms with Crippen LogP contribution in [0.5, 0.6) is 0 Å². The zero-order chi connectivity index (χ0) is 26.3. The Hall–Kier alpha value is -0.920. The normalized spacial score (nSPS) is 30.9. The Morgan fingerprint density at radius 2 is 1.94 bits per heavy atom. The standard InChI is InChI=1S/C10H13Cl2N4O13P3/c11-2-1-10(12)6(17)5(27-7(10)16-4-14-8(13)15-9(16)18)3-26-31(22,23)29-32(24,25)28-30(19,20)21/h4-7,17H,3H2,(H,22,23)(H,24,25)(H2,13,15,18)(H2,19,20,21)/t5-,6+,7-,10?/m1/s1/i3D2. The van der Waals surface area contributed by atoms with E-state index in [9.17, 15) is 33.4 Å². The number of rotatable bonds is 8. The van der Waals surface area contributed by atoms with Crippen molar-refractivity contribution in [3.8, 4) is 11.3 Å². The zero-order valence-electron chi connectivity index (χ0n) is 16.8. The first-order valence-corrected chi connectivity index (χ1v) is 12.7. The molecule has 0 radical (unpaired) electrons. The molecule has 1 saturated heterocycles. The van der Waals surface area contributed by atoms with Gasteiger partial charge in [-0.1, -0.05) is 17.5 Å². The molecule has 1 aliphatic heterocycles. The molecule has 0 bridgehead atoms. The third-order valence-corrected chi connectivity index (χ3v) is 7.55. The predicted molar refractivity (Wildman–Crippen MR) is 103 cm³/mol. The molecular weight excluding hydrogens is 548 g/mol. The largest absolute Gasteiger partial charge is 0.490 e. The fraction of sp³-hybridized carbons (Fsp3) is 0.500. The van der Waals surface area contributed by atoms with E-state index in [1.54, 1.807) is 5.38 Å². The maximum absolute atomic E-state index is 12.1. The van der Waals surface area contributed by atoms with E-state index in [0.29, 0.717) is 4.57 Å². The van der Waals surface area contributed by atoms with Gasteiger partial charge in [-0.25, -0.2) is 23.5 Å². The molecule has 0 aromatic carbocycles. The minimum Gasteiger partial charge on any atom is -0.387 e. The number of halogens is 2. The Kier molecular flexibility index (Phi) is 7.38. The molecule has 2 rings (SSSR count). The Bertz CT molecular complexity index is 1220. The van der Waals surface area contributed by atoms with Crippen LogP contribution in [0.3, 0.4) is 0 Å². The van der Waals surface area contributed by atoms with Crippen LogP contribution in [0.4, 0.5) is 5.95 Å². The van der Waals surface area contributed by atoms with Gasteiger partial charge in [-0.15, -0.1) is 0 Å². The second-order valence-corrected chi connectivity index (χ2v) is 10.7. The van der Waals surface area contributed by atoms with E-state index in [-0.39, 0.29) is 0 Å². The van der Waals surface area contributed by atoms with Gasteiger partial charge in [0, 0.05) is 5.38 Å². The average Bonchev–Trinajstić information content (AvgIpc) is 2.83. The smallest absolute Gasteiger partial charge is 0.387 e. The molecule has 0 aliphatic carbocycles. The minimum atomic E-state index is -6.03. The summed E-state index contributed by atoms with van der Waals surface area (Å²) in [5.41, 5.74) is 4.12. The molecule has 180 valence electrons. The summed E-state index contributed by atoms with van der Waals surface area (Å²) in [6.07, 6.45) is -5.85. The molecule has 6 atom stereocenters. The highest BCUT2D eigenvalue weighted by atomic mass is 35.5. The number of hydrogen-bond donors (Lipinski definition) is 6. The van der Waals surface area contributed by atoms with Crippen LogP contribution in [-0.4, -0.2) is 62.9 Å². The lowest BCUT2D eigenvalue weighted by Crippen LogP contribution is -2.43. The molecule has 7 N–H and O–H groups in total. The summed E-state index contributed by atoms with van der Waals surface area (Å²) >= 11 is 11.6. The van der Waals surface area contributed by atoms with Crippen LogP contribution in [0.15, 0.2) is 11.1 Å². The lowest BCUT2D eigenvalue weighted by molar-refractivity contribution is -0.0458. The molecule has 3 unspecified atom stereocenters. The SMILES string of the molecule is [2H]C([2H])(OP(=O)(O)OP(=O)(O)OP(=O)(O)O)[C@H]1O[C@@H](n2cnc(N)nc2=O)C(Cl)(C#CCl)[C@H]1O. The molecule has 0 spiro atoms. The number of aliphatic hydroxyl groups is 1. The van der Waals surface area contributed by atoms with Crippen molar-refractivity contribution in [2.24, 2.45) is 0 Å². The number of aliphatic hydroxyl groups excluding tert-OH is 1. The van der Waals surface area contributed by atoms with Gasteiger partial charge in [-0.05, 0) is 11.6 Å². The van der Waals surface area contributed by atoms with Crippen molar-refractivity contribution in [1.82, 2.24) is 14.5 Å². The lowest BCUT2D eigenvalue weighted by atomic mass is 9.99. The molecule has 0 saturated carbocycles. The van der Waals surface area contributed by atoms with Crippen LogP contribution >= 0.6 is 46.7 Å². The average molecular weight is 563 g/mol. The maximum atomic E-state index is 12.1. The number of nitrogens with zero attached hydrogens (tertiary/aromatic N) is 3. The Morgan fingerprint density at radius 1 is 1.31 bits per heavy atom. The van der Waals surface area contributed by atoms with E-state index in [1.165, 1.54) is 0 Å². The first-order valence-electron chi connectivity index (χ1n) is 8.43. The van der Waals surface area contributed by atoms with Crippen molar-refractivity contribution < 1.29 is 59.0 Å². The third-order valence-electron chi connectivity index (χ3n) is 3.29. The summed E-state index contributed by atoms with van der Waals surface area (Å²) in [6, 6.07) is 0. The predicted octanol–water partition coefficient (Wildman–Crippen LogP) is -1.00. The second-order valence-electron chi connectivity index (χ2n) is 5.55. The number of nitrogen functional groups attached to an aromatic ring is 1. The fourth-order valence-electron chi connectivity index (χ4n) is 2.18. The summed E-state index contributed by atoms with van der Waals surface area (Å²) in [5, 5.41) is 12.4. The van der Waals surface area contributed by atoms with Crippen LogP contribution in [0.2, 0.25) is 0 Å². The van der Waals surface area contributed by atoms with E-state index in [1.807, 2.05) is 0 Å². The number of hydrogen-bond acceptors (Lipinski definition) is 12. The van der Waals surface area contributed by atoms with E-state index >= 15 is 0 Å². The van der Waals surface area contributed by atoms with Gasteiger partial charge in [0.2, 0.25) is 5.95 Å². The molecule has 32 heavy (non-hydrogen) atoms. The first-order chi connectivity index (χ1) is 15.2. The van der Waals surface area contributed by atoms with Crippen LogP contribution < -0.4 is 11.4 Å². The quantitative estimate of drug-likeness (QED) is 0.126. The van der Waals surface area contributed by atoms with Crippen LogP contribution in [-0.2, 0) is 31.6 Å². The molecule has 1 aromatic heterocycles. The van der Waals surface area contributed by atoms with Gasteiger partial charge in [-0.2, -0.15) is 13.6 Å². The van der Waals surface area contributed by atoms with Crippen molar-refractivity contribution in [2.75, 3.05) is 12.3 Å². The highest BCUT2D eigenvalue weighted by Gasteiger charge is 2.57. The molecule has 2 heterocycles. The van der Waals surface area contributed by atoms with Crippen molar-refractivity contribution in [1.29, 1.82) is 0 Å². The summed E-state index contributed by atoms with van der Waals surface area (Å²) < 4.78 is 66.6. The molecular formula is C10H13Cl2N4O13P3. The van der Waals surface area contributed by atoms with E-state index < -0.39 is 65.0 Å². The molecule has 1 fully saturated rings. The Morgan fingerprint density at radius 3 is 2.47 bits per heavy atom. The number of anilines is 1. The number of aromatic nitrogens is 3. The highest BCUT2D eigenvalue weighted by Crippen LogP contribution is 2.66. The van der Waals surface area contributed by atoms with Gasteiger partial charge >= 0.3 is 29.2 Å². The number of ether oxygens (including phenoxy) is 1. The zero-order valence-corrected chi connectivity index (χ0v) is 19.0. The molecule has 17 nitrogen and oxygen atoms in total. The Labute approximate surface area is 190 Å². The van der Waals surface area contributed by atoms with Gasteiger partial charge in [-0.3, -0.25) is 9.09 Å². The van der Waals surface area contributed by atoms with Crippen molar-refractivity contribution in [2.45, 2.75) is 23.3 Å². The number of alkyl halides is 1. The summed E-state index contributed by atoms with van der Waals surface area (Å²) in [6.45, 7) is -3.63. The van der Waals surface area contributed by atoms with Gasteiger partial charge in [0.05, 0.1) is 9.30 Å². The second kappa shape index (κ2) is 9.75. The maximum Gasteiger partial charge on any atom is 0.490 e. The van der Waals surface area contributed by atoms with Crippen LogP contribution in [0.25, 0.3) is 0 Å². The minimum absolute atomic E-state index is 0.470.